The van der Waals surface area contributed by atoms with Crippen LogP contribution in [0.1, 0.15) is 58.9 Å². The number of piperidine rings is 1. The van der Waals surface area contributed by atoms with E-state index >= 15 is 4.39 Å². The summed E-state index contributed by atoms with van der Waals surface area (Å²) >= 11 is 0. The van der Waals surface area contributed by atoms with Crippen LogP contribution in [0.3, 0.4) is 0 Å². The molecule has 1 saturated carbocycles. The Kier molecular flexibility index (Phi) is 9.06. The SMILES string of the molecule is CCOC1CCCN(c2nc(OCC3(CN(CC)CC)CC3)nc3c(F)c(-c4cc(O)cc5ccc(F)c(CC)c45)ncc23)C1. The van der Waals surface area contributed by atoms with E-state index < -0.39 is 5.82 Å². The standard InChI is InChI=1S/C35H43F2N5O3/c1-5-25-28(36)12-11-22-16-23(43)17-26(29(22)25)31-30(37)32-27(18-38-31)33(42-15-9-10-24(19-42)44-8-4)40-34(39-32)45-21-35(13-14-35)20-41(6-2)7-3/h11-12,16-18,24,43H,5-10,13-15,19-21H2,1-4H3. The van der Waals surface area contributed by atoms with Gasteiger partial charge < -0.3 is 24.4 Å². The van der Waals surface area contributed by atoms with Crippen molar-refractivity contribution in [2.24, 2.45) is 5.41 Å². The molecule has 3 heterocycles. The second-order valence-electron chi connectivity index (χ2n) is 12.4. The number of hydrogen-bond acceptors (Lipinski definition) is 8. The number of ether oxygens (including phenoxy) is 2. The molecule has 2 fully saturated rings. The first kappa shape index (κ1) is 31.4. The van der Waals surface area contributed by atoms with Crippen LogP contribution in [-0.2, 0) is 11.2 Å². The van der Waals surface area contributed by atoms with Crippen LogP contribution in [0, 0.1) is 17.0 Å². The minimum Gasteiger partial charge on any atom is -0.508 e. The maximum Gasteiger partial charge on any atom is 0.319 e. The van der Waals surface area contributed by atoms with Gasteiger partial charge in [-0.2, -0.15) is 9.97 Å². The summed E-state index contributed by atoms with van der Waals surface area (Å²) in [6.07, 6.45) is 6.01. The van der Waals surface area contributed by atoms with Crippen molar-refractivity contribution in [3.63, 3.8) is 0 Å². The first-order valence-electron chi connectivity index (χ1n) is 16.3. The van der Waals surface area contributed by atoms with Crippen molar-refractivity contribution in [1.82, 2.24) is 19.9 Å². The summed E-state index contributed by atoms with van der Waals surface area (Å²) < 4.78 is 44.0. The molecule has 2 aromatic heterocycles. The predicted molar refractivity (Wildman–Crippen MR) is 173 cm³/mol. The topological polar surface area (TPSA) is 83.8 Å². The number of hydrogen-bond donors (Lipinski definition) is 1. The molecule has 8 nitrogen and oxygen atoms in total. The molecule has 2 aliphatic rings. The van der Waals surface area contributed by atoms with Gasteiger partial charge in [-0.15, -0.1) is 0 Å². The Balaban J connectivity index is 1.47. The van der Waals surface area contributed by atoms with Gasteiger partial charge in [-0.25, -0.2) is 8.78 Å². The van der Waals surface area contributed by atoms with Gasteiger partial charge in [-0.1, -0.05) is 26.8 Å². The molecule has 0 amide bonds. The molecule has 1 aliphatic heterocycles. The minimum absolute atomic E-state index is 0.00895. The van der Waals surface area contributed by atoms with E-state index in [1.807, 2.05) is 13.8 Å². The summed E-state index contributed by atoms with van der Waals surface area (Å²) in [6, 6.07) is 6.09. The normalized spacial score (nSPS) is 17.8. The molecule has 0 spiro atoms. The third kappa shape index (κ3) is 6.27. The number of aromatic nitrogens is 3. The summed E-state index contributed by atoms with van der Waals surface area (Å²) in [7, 11) is 0. The molecule has 6 rings (SSSR count). The Morgan fingerprint density at radius 2 is 1.89 bits per heavy atom. The second-order valence-corrected chi connectivity index (χ2v) is 12.4. The maximum atomic E-state index is 16.8. The van der Waals surface area contributed by atoms with Gasteiger partial charge in [0.05, 0.1) is 18.1 Å². The zero-order chi connectivity index (χ0) is 31.7. The van der Waals surface area contributed by atoms with Crippen LogP contribution in [0.15, 0.2) is 30.5 Å². The van der Waals surface area contributed by atoms with Crippen LogP contribution in [0.2, 0.25) is 0 Å². The van der Waals surface area contributed by atoms with Gasteiger partial charge in [0, 0.05) is 43.4 Å². The third-order valence-electron chi connectivity index (χ3n) is 9.40. The number of phenols is 1. The lowest BCUT2D eigenvalue weighted by Crippen LogP contribution is -2.40. The number of rotatable bonds is 12. The Hall–Kier alpha value is -3.63. The van der Waals surface area contributed by atoms with Gasteiger partial charge >= 0.3 is 6.01 Å². The molecule has 0 radical (unpaired) electrons. The van der Waals surface area contributed by atoms with Gasteiger partial charge in [0.25, 0.3) is 0 Å². The van der Waals surface area contributed by atoms with Gasteiger partial charge in [0.1, 0.15) is 28.6 Å². The van der Waals surface area contributed by atoms with Crippen LogP contribution in [-0.4, -0.2) is 77.0 Å². The lowest BCUT2D eigenvalue weighted by Gasteiger charge is -2.34. The fourth-order valence-electron chi connectivity index (χ4n) is 6.71. The molecule has 1 N–H and O–H groups in total. The van der Waals surface area contributed by atoms with Crippen LogP contribution in [0.4, 0.5) is 14.6 Å². The molecular weight excluding hydrogens is 576 g/mol. The Morgan fingerprint density at radius 3 is 2.60 bits per heavy atom. The van der Waals surface area contributed by atoms with Gasteiger partial charge in [0.15, 0.2) is 5.82 Å². The lowest BCUT2D eigenvalue weighted by atomic mass is 9.94. The molecule has 0 bridgehead atoms. The summed E-state index contributed by atoms with van der Waals surface area (Å²) in [5, 5.41) is 12.2. The highest BCUT2D eigenvalue weighted by Gasteiger charge is 2.44. The number of benzene rings is 2. The first-order valence-corrected chi connectivity index (χ1v) is 16.3. The van der Waals surface area contributed by atoms with E-state index in [0.29, 0.717) is 59.3 Å². The minimum atomic E-state index is -0.665. The maximum absolute atomic E-state index is 16.8. The molecule has 1 atom stereocenters. The fraction of sp³-hybridized carbons (Fsp3) is 0.514. The van der Waals surface area contributed by atoms with E-state index in [2.05, 4.69) is 33.6 Å². The van der Waals surface area contributed by atoms with Gasteiger partial charge in [-0.3, -0.25) is 4.98 Å². The van der Waals surface area contributed by atoms with E-state index in [9.17, 15) is 9.50 Å². The molecular formula is C35H43F2N5O3. The number of phenolic OH excluding ortho intramolecular Hbond substituents is 1. The fourth-order valence-corrected chi connectivity index (χ4v) is 6.71. The molecule has 10 heteroatoms. The van der Waals surface area contributed by atoms with E-state index in [0.717, 1.165) is 51.9 Å². The summed E-state index contributed by atoms with van der Waals surface area (Å²) in [6.45, 7) is 13.5. The van der Waals surface area contributed by atoms with Crippen molar-refractivity contribution in [2.45, 2.75) is 65.9 Å². The Bertz CT molecular complexity index is 1690. The van der Waals surface area contributed by atoms with Crippen molar-refractivity contribution in [2.75, 3.05) is 50.8 Å². The van der Waals surface area contributed by atoms with Crippen LogP contribution in [0.25, 0.3) is 32.9 Å². The van der Waals surface area contributed by atoms with Crippen LogP contribution in [0.5, 0.6) is 11.8 Å². The quantitative estimate of drug-likeness (QED) is 0.183. The smallest absolute Gasteiger partial charge is 0.319 e. The number of nitrogens with zero attached hydrogens (tertiary/aromatic N) is 5. The highest BCUT2D eigenvalue weighted by atomic mass is 19.1. The average molecular weight is 620 g/mol. The number of aromatic hydroxyl groups is 1. The highest BCUT2D eigenvalue weighted by Crippen LogP contribution is 2.47. The molecule has 240 valence electrons. The number of anilines is 1. The molecule has 4 aromatic rings. The molecule has 1 aliphatic carbocycles. The van der Waals surface area contributed by atoms with Gasteiger partial charge in [0.2, 0.25) is 0 Å². The molecule has 1 saturated heterocycles. The largest absolute Gasteiger partial charge is 0.508 e. The monoisotopic (exact) mass is 619 g/mol. The second kappa shape index (κ2) is 13.0. The summed E-state index contributed by atoms with van der Waals surface area (Å²) in [4.78, 5) is 18.5. The number of fused-ring (bicyclic) bond motifs is 2. The number of halogens is 2. The van der Waals surface area contributed by atoms with Gasteiger partial charge in [-0.05, 0) is 86.7 Å². The van der Waals surface area contributed by atoms with E-state index in [1.54, 1.807) is 18.3 Å². The zero-order valence-electron chi connectivity index (χ0n) is 26.7. The lowest BCUT2D eigenvalue weighted by molar-refractivity contribution is 0.0525. The van der Waals surface area contributed by atoms with Crippen molar-refractivity contribution >= 4 is 27.5 Å². The zero-order valence-corrected chi connectivity index (χ0v) is 26.7. The van der Waals surface area contributed by atoms with Crippen LogP contribution < -0.4 is 9.64 Å². The first-order chi connectivity index (χ1) is 21.8. The Morgan fingerprint density at radius 1 is 1.09 bits per heavy atom. The Labute approximate surface area is 263 Å². The van der Waals surface area contributed by atoms with E-state index in [1.165, 1.54) is 12.1 Å². The van der Waals surface area contributed by atoms with Crippen LogP contribution >= 0.6 is 0 Å². The number of pyridine rings is 1. The number of aryl methyl sites for hydroxylation is 1. The van der Waals surface area contributed by atoms with Crippen molar-refractivity contribution < 1.29 is 23.4 Å². The van der Waals surface area contributed by atoms with Crippen molar-refractivity contribution in [3.8, 4) is 23.0 Å². The molecule has 1 unspecified atom stereocenters. The third-order valence-corrected chi connectivity index (χ3v) is 9.40. The summed E-state index contributed by atoms with van der Waals surface area (Å²) in [5.41, 5.74) is 0.866. The van der Waals surface area contributed by atoms with E-state index in [-0.39, 0.29) is 40.3 Å². The molecule has 45 heavy (non-hydrogen) atoms. The highest BCUT2D eigenvalue weighted by molar-refractivity contribution is 6.01. The predicted octanol–water partition coefficient (Wildman–Crippen LogP) is 6.90. The molecule has 2 aromatic carbocycles. The van der Waals surface area contributed by atoms with Crippen molar-refractivity contribution in [1.29, 1.82) is 0 Å². The van der Waals surface area contributed by atoms with E-state index in [4.69, 9.17) is 14.5 Å². The summed E-state index contributed by atoms with van der Waals surface area (Å²) in [5.74, 6) is -0.543. The average Bonchev–Trinajstić information content (AvgIpc) is 3.82. The van der Waals surface area contributed by atoms with Crippen molar-refractivity contribution in [3.05, 3.63) is 47.7 Å².